The highest BCUT2D eigenvalue weighted by atomic mass is 35.5. The Hall–Kier alpha value is -2.49. The summed E-state index contributed by atoms with van der Waals surface area (Å²) in [6, 6.07) is 10.5. The third-order valence-corrected chi connectivity index (χ3v) is 7.35. The number of halogens is 2. The van der Waals surface area contributed by atoms with Gasteiger partial charge in [0.2, 0.25) is 21.8 Å². The van der Waals surface area contributed by atoms with E-state index in [4.69, 9.17) is 27.9 Å². The molecule has 8 nitrogen and oxygen atoms in total. The number of carbonyl (C=O) groups excluding carboxylic acids is 2. The van der Waals surface area contributed by atoms with Crippen LogP contribution in [0.2, 0.25) is 10.0 Å². The van der Waals surface area contributed by atoms with Crippen LogP contribution >= 0.6 is 23.2 Å². The lowest BCUT2D eigenvalue weighted by Gasteiger charge is -2.32. The van der Waals surface area contributed by atoms with Crippen LogP contribution in [0.25, 0.3) is 0 Å². The molecule has 36 heavy (non-hydrogen) atoms. The van der Waals surface area contributed by atoms with E-state index in [-0.39, 0.29) is 12.5 Å². The fourth-order valence-corrected chi connectivity index (χ4v) is 4.83. The molecule has 0 aromatic heterocycles. The van der Waals surface area contributed by atoms with Gasteiger partial charge in [-0.25, -0.2) is 8.42 Å². The summed E-state index contributed by atoms with van der Waals surface area (Å²) in [5, 5.41) is 3.50. The van der Waals surface area contributed by atoms with E-state index in [9.17, 15) is 18.0 Å². The van der Waals surface area contributed by atoms with Gasteiger partial charge >= 0.3 is 0 Å². The number of unbranched alkanes of at least 4 members (excludes halogenated alkanes) is 1. The number of amides is 2. The van der Waals surface area contributed by atoms with E-state index in [1.807, 2.05) is 13.8 Å². The first kappa shape index (κ1) is 29.7. The van der Waals surface area contributed by atoms with Crippen LogP contribution in [0, 0.1) is 0 Å². The molecule has 0 aliphatic carbocycles. The SMILES string of the molecule is CCCCNC(=O)C(C)N(Cc1c(Cl)cccc1Cl)C(=O)CN(c1ccc(OCC)cc1)S(C)(=O)=O. The third-order valence-electron chi connectivity index (χ3n) is 5.50. The molecule has 198 valence electrons. The highest BCUT2D eigenvalue weighted by Crippen LogP contribution is 2.27. The van der Waals surface area contributed by atoms with Crippen molar-refractivity contribution in [2.24, 2.45) is 0 Å². The van der Waals surface area contributed by atoms with Crippen LogP contribution in [-0.2, 0) is 26.2 Å². The first-order valence-electron chi connectivity index (χ1n) is 11.7. The van der Waals surface area contributed by atoms with E-state index < -0.39 is 28.5 Å². The van der Waals surface area contributed by atoms with Crippen molar-refractivity contribution < 1.29 is 22.7 Å². The van der Waals surface area contributed by atoms with Crippen molar-refractivity contribution in [3.8, 4) is 5.75 Å². The number of hydrogen-bond acceptors (Lipinski definition) is 5. The molecule has 0 aliphatic rings. The number of benzene rings is 2. The van der Waals surface area contributed by atoms with Crippen molar-refractivity contribution in [1.29, 1.82) is 0 Å². The zero-order chi connectivity index (χ0) is 26.9. The van der Waals surface area contributed by atoms with Crippen LogP contribution in [0.3, 0.4) is 0 Å². The molecule has 0 heterocycles. The number of nitrogens with zero attached hydrogens (tertiary/aromatic N) is 2. The molecule has 0 saturated heterocycles. The minimum atomic E-state index is -3.83. The lowest BCUT2D eigenvalue weighted by Crippen LogP contribution is -2.51. The van der Waals surface area contributed by atoms with E-state index >= 15 is 0 Å². The standard InChI is InChI=1S/C25H33Cl2N3O5S/c1-5-7-15-28-25(32)18(3)29(16-21-22(26)9-8-10-23(21)27)24(31)17-30(36(4,33)34)19-11-13-20(14-12-19)35-6-2/h8-14,18H,5-7,15-17H2,1-4H3,(H,28,32). The molecular weight excluding hydrogens is 525 g/mol. The molecule has 0 fully saturated rings. The maximum Gasteiger partial charge on any atom is 0.244 e. The van der Waals surface area contributed by atoms with Crippen LogP contribution in [0.5, 0.6) is 5.75 Å². The summed E-state index contributed by atoms with van der Waals surface area (Å²) in [5.41, 5.74) is 0.763. The smallest absolute Gasteiger partial charge is 0.244 e. The summed E-state index contributed by atoms with van der Waals surface area (Å²) >= 11 is 12.7. The average molecular weight is 559 g/mol. The first-order valence-corrected chi connectivity index (χ1v) is 14.3. The van der Waals surface area contributed by atoms with Crippen molar-refractivity contribution in [2.45, 2.75) is 46.2 Å². The second-order valence-corrected chi connectivity index (χ2v) is 11.0. The van der Waals surface area contributed by atoms with Crippen molar-refractivity contribution >= 4 is 50.7 Å². The predicted molar refractivity (Wildman–Crippen MR) is 144 cm³/mol. The van der Waals surface area contributed by atoms with Crippen molar-refractivity contribution in [3.63, 3.8) is 0 Å². The van der Waals surface area contributed by atoms with Crippen LogP contribution < -0.4 is 14.4 Å². The summed E-state index contributed by atoms with van der Waals surface area (Å²) in [6.45, 7) is 5.79. The zero-order valence-corrected chi connectivity index (χ0v) is 23.3. The molecule has 2 aromatic rings. The Morgan fingerprint density at radius 1 is 1.06 bits per heavy atom. The molecule has 0 bridgehead atoms. The Kier molecular flexibility index (Phi) is 11.3. The molecule has 2 aromatic carbocycles. The third kappa shape index (κ3) is 8.28. The van der Waals surface area contributed by atoms with Gasteiger partial charge in [0.1, 0.15) is 18.3 Å². The van der Waals surface area contributed by atoms with Gasteiger partial charge in [-0.1, -0.05) is 42.6 Å². The van der Waals surface area contributed by atoms with Crippen LogP contribution in [0.4, 0.5) is 5.69 Å². The largest absolute Gasteiger partial charge is 0.494 e. The van der Waals surface area contributed by atoms with Gasteiger partial charge in [0.05, 0.1) is 18.6 Å². The van der Waals surface area contributed by atoms with Gasteiger partial charge in [0, 0.05) is 28.7 Å². The molecule has 0 saturated carbocycles. The molecule has 0 radical (unpaired) electrons. The van der Waals surface area contributed by atoms with E-state index in [1.54, 1.807) is 49.4 Å². The number of hydrogen-bond donors (Lipinski definition) is 1. The summed E-state index contributed by atoms with van der Waals surface area (Å²) in [6.07, 6.45) is 2.72. The van der Waals surface area contributed by atoms with E-state index in [0.717, 1.165) is 23.4 Å². The molecule has 11 heteroatoms. The number of sulfonamides is 1. The maximum atomic E-state index is 13.6. The minimum absolute atomic E-state index is 0.0689. The second kappa shape index (κ2) is 13.7. The predicted octanol–water partition coefficient (Wildman–Crippen LogP) is 4.49. The highest BCUT2D eigenvalue weighted by molar-refractivity contribution is 7.92. The molecule has 0 spiro atoms. The summed E-state index contributed by atoms with van der Waals surface area (Å²) in [4.78, 5) is 27.7. The molecule has 0 aliphatic heterocycles. The lowest BCUT2D eigenvalue weighted by atomic mass is 10.1. The molecule has 2 amide bonds. The van der Waals surface area contributed by atoms with Crippen LogP contribution in [0.15, 0.2) is 42.5 Å². The van der Waals surface area contributed by atoms with Crippen LogP contribution in [0.1, 0.15) is 39.2 Å². The minimum Gasteiger partial charge on any atom is -0.494 e. The normalized spacial score (nSPS) is 12.1. The summed E-state index contributed by atoms with van der Waals surface area (Å²) < 4.78 is 31.7. The fourth-order valence-electron chi connectivity index (χ4n) is 3.46. The molecule has 1 atom stereocenters. The van der Waals surface area contributed by atoms with E-state index in [0.29, 0.717) is 40.2 Å². The van der Waals surface area contributed by atoms with Gasteiger partial charge in [0.25, 0.3) is 0 Å². The van der Waals surface area contributed by atoms with Gasteiger partial charge in [0.15, 0.2) is 0 Å². The topological polar surface area (TPSA) is 96.0 Å². The molecular formula is C25H33Cl2N3O5S. The number of rotatable bonds is 13. The quantitative estimate of drug-likeness (QED) is 0.366. The van der Waals surface area contributed by atoms with E-state index in [1.165, 1.54) is 4.90 Å². The number of nitrogens with one attached hydrogen (secondary N) is 1. The number of anilines is 1. The van der Waals surface area contributed by atoms with E-state index in [2.05, 4.69) is 5.32 Å². The van der Waals surface area contributed by atoms with Gasteiger partial charge in [-0.3, -0.25) is 13.9 Å². The van der Waals surface area contributed by atoms with Gasteiger partial charge in [-0.05, 0) is 56.7 Å². The molecule has 1 unspecified atom stereocenters. The first-order chi connectivity index (χ1) is 17.0. The average Bonchev–Trinajstić information content (AvgIpc) is 2.82. The number of ether oxygens (including phenoxy) is 1. The Morgan fingerprint density at radius 2 is 1.67 bits per heavy atom. The Morgan fingerprint density at radius 3 is 2.19 bits per heavy atom. The summed E-state index contributed by atoms with van der Waals surface area (Å²) in [7, 11) is -3.83. The van der Waals surface area contributed by atoms with Gasteiger partial charge < -0.3 is 15.0 Å². The Bertz CT molecular complexity index is 1120. The van der Waals surface area contributed by atoms with Gasteiger partial charge in [-0.2, -0.15) is 0 Å². The number of carbonyl (C=O) groups is 2. The highest BCUT2D eigenvalue weighted by Gasteiger charge is 2.30. The summed E-state index contributed by atoms with van der Waals surface area (Å²) in [5.74, 6) is -0.358. The van der Waals surface area contributed by atoms with Crippen molar-refractivity contribution in [2.75, 3.05) is 30.3 Å². The lowest BCUT2D eigenvalue weighted by molar-refractivity contribution is -0.139. The Balaban J connectivity index is 2.39. The van der Waals surface area contributed by atoms with Crippen molar-refractivity contribution in [3.05, 3.63) is 58.1 Å². The van der Waals surface area contributed by atoms with Crippen molar-refractivity contribution in [1.82, 2.24) is 10.2 Å². The zero-order valence-electron chi connectivity index (χ0n) is 21.0. The second-order valence-electron chi connectivity index (χ2n) is 8.24. The monoisotopic (exact) mass is 557 g/mol. The van der Waals surface area contributed by atoms with Gasteiger partial charge in [-0.15, -0.1) is 0 Å². The van der Waals surface area contributed by atoms with Crippen LogP contribution in [-0.4, -0.2) is 57.1 Å². The Labute approximate surface area is 223 Å². The molecule has 2 rings (SSSR count). The maximum absolute atomic E-state index is 13.6. The molecule has 1 N–H and O–H groups in total. The fraction of sp³-hybridized carbons (Fsp3) is 0.440.